The number of aryl methyl sites for hydroxylation is 2. The molecule has 40 heavy (non-hydrogen) atoms. The third-order valence-corrected chi connectivity index (χ3v) is 9.23. The second kappa shape index (κ2) is 12.7. The van der Waals surface area contributed by atoms with Crippen molar-refractivity contribution in [3.05, 3.63) is 34.8 Å². The highest BCUT2D eigenvalue weighted by Crippen LogP contribution is 2.40. The summed E-state index contributed by atoms with van der Waals surface area (Å²) in [7, 11) is 0. The number of hydrogen-bond acceptors (Lipinski definition) is 7. The second-order valence-corrected chi connectivity index (χ2v) is 12.1. The van der Waals surface area contributed by atoms with Gasteiger partial charge in [-0.05, 0) is 88.0 Å². The van der Waals surface area contributed by atoms with Crippen LogP contribution in [0.5, 0.6) is 5.88 Å². The predicted molar refractivity (Wildman–Crippen MR) is 148 cm³/mol. The van der Waals surface area contributed by atoms with Gasteiger partial charge in [0.2, 0.25) is 12.3 Å². The Morgan fingerprint density at radius 2 is 1.65 bits per heavy atom. The minimum atomic E-state index is 0.0902. The van der Waals surface area contributed by atoms with Crippen molar-refractivity contribution in [3.63, 3.8) is 0 Å². The molecule has 10 nitrogen and oxygen atoms in total. The number of nitrogens with zero attached hydrogens (tertiary/aromatic N) is 5. The lowest BCUT2D eigenvalue weighted by Gasteiger charge is -2.23. The number of aromatic amines is 1. The maximum Gasteiger partial charge on any atom is 0.254 e. The first-order chi connectivity index (χ1) is 19.7. The highest BCUT2D eigenvalue weighted by molar-refractivity contribution is 5.94. The Hall–Kier alpha value is -3.01. The van der Waals surface area contributed by atoms with E-state index in [4.69, 9.17) is 14.5 Å². The topological polar surface area (TPSA) is 114 Å². The molecule has 216 valence electrons. The number of pyridine rings is 1. The average Bonchev–Trinajstić information content (AvgIpc) is 3.67. The number of fused-ring (bicyclic) bond motifs is 2. The molecule has 2 atom stereocenters. The summed E-state index contributed by atoms with van der Waals surface area (Å²) >= 11 is 0. The number of H-pyrrole nitrogens is 1. The van der Waals surface area contributed by atoms with Gasteiger partial charge in [0.15, 0.2) is 0 Å². The van der Waals surface area contributed by atoms with Crippen LogP contribution in [0.1, 0.15) is 84.7 Å². The van der Waals surface area contributed by atoms with Gasteiger partial charge in [-0.3, -0.25) is 9.59 Å². The standard InChI is InChI=1S/C24H33N3O4.C6H9N3/c28-16-26-13-19-3-7-27(8-4-20(19)14-26)24(29)21-11-22(18-1-2-18)25-23(12-21)31-15-17-5-9-30-10-6-17;1-2-4-6-5(3-1)7-9-8-6/h11-12,16-20H,1-10,13-15H2;1-4H2,(H,7,8,9). The fraction of sp³-hybridized carbons (Fsp3) is 0.700. The Bertz CT molecular complexity index is 1120. The maximum atomic E-state index is 13.4. The number of carbonyl (C=O) groups is 2. The Labute approximate surface area is 236 Å². The number of carbonyl (C=O) groups excluding carboxylic acids is 2. The minimum absolute atomic E-state index is 0.0902. The first-order valence-electron chi connectivity index (χ1n) is 15.3. The SMILES string of the molecule is C1CCc2n[nH]nc2C1.O=CN1CC2CCN(C(=O)c3cc(OCC4CCOCC4)nc(C4CC4)c3)CCC2C1. The molecule has 2 unspecified atom stereocenters. The number of likely N-dealkylation sites (tertiary alicyclic amines) is 2. The predicted octanol–water partition coefficient (Wildman–Crippen LogP) is 3.39. The minimum Gasteiger partial charge on any atom is -0.477 e. The molecule has 1 N–H and O–H groups in total. The van der Waals surface area contributed by atoms with E-state index in [0.29, 0.717) is 41.7 Å². The molecule has 0 radical (unpaired) electrons. The molecule has 4 fully saturated rings. The Morgan fingerprint density at radius 3 is 2.27 bits per heavy atom. The van der Waals surface area contributed by atoms with Crippen molar-refractivity contribution in [3.8, 4) is 5.88 Å². The van der Waals surface area contributed by atoms with Crippen molar-refractivity contribution in [1.82, 2.24) is 30.2 Å². The van der Waals surface area contributed by atoms with Crippen LogP contribution in [0, 0.1) is 17.8 Å². The monoisotopic (exact) mass is 550 g/mol. The summed E-state index contributed by atoms with van der Waals surface area (Å²) in [4.78, 5) is 33.1. The molecule has 5 aliphatic rings. The van der Waals surface area contributed by atoms with Gasteiger partial charge in [-0.2, -0.15) is 15.4 Å². The van der Waals surface area contributed by atoms with Crippen LogP contribution in [0.25, 0.3) is 0 Å². The summed E-state index contributed by atoms with van der Waals surface area (Å²) in [6, 6.07) is 3.83. The van der Waals surface area contributed by atoms with Crippen molar-refractivity contribution >= 4 is 12.3 Å². The molecule has 2 aliphatic carbocycles. The molecule has 1 saturated carbocycles. The Balaban J connectivity index is 0.000000271. The summed E-state index contributed by atoms with van der Waals surface area (Å²) in [5, 5.41) is 10.7. The van der Waals surface area contributed by atoms with Crippen LogP contribution < -0.4 is 4.74 Å². The van der Waals surface area contributed by atoms with Crippen molar-refractivity contribution in [2.24, 2.45) is 17.8 Å². The van der Waals surface area contributed by atoms with Crippen LogP contribution in [-0.2, 0) is 22.4 Å². The molecule has 0 aromatic carbocycles. The number of hydrogen-bond donors (Lipinski definition) is 1. The average molecular weight is 551 g/mol. The number of aromatic nitrogens is 4. The van der Waals surface area contributed by atoms with Crippen LogP contribution in [-0.4, -0.2) is 88.5 Å². The van der Waals surface area contributed by atoms with Crippen LogP contribution in [0.4, 0.5) is 0 Å². The zero-order valence-corrected chi connectivity index (χ0v) is 23.4. The van der Waals surface area contributed by atoms with Gasteiger partial charge in [0.1, 0.15) is 0 Å². The van der Waals surface area contributed by atoms with Crippen LogP contribution in [0.2, 0.25) is 0 Å². The summed E-state index contributed by atoms with van der Waals surface area (Å²) in [6.45, 7) is 5.42. The highest BCUT2D eigenvalue weighted by Gasteiger charge is 2.36. The molecule has 3 aliphatic heterocycles. The van der Waals surface area contributed by atoms with Crippen molar-refractivity contribution in [2.75, 3.05) is 46.0 Å². The van der Waals surface area contributed by atoms with E-state index in [0.717, 1.165) is 103 Å². The van der Waals surface area contributed by atoms with Crippen LogP contribution in [0.3, 0.4) is 0 Å². The van der Waals surface area contributed by atoms with Crippen LogP contribution >= 0.6 is 0 Å². The Kier molecular flexibility index (Phi) is 8.60. The molecular weight excluding hydrogens is 508 g/mol. The molecule has 0 bridgehead atoms. The largest absolute Gasteiger partial charge is 0.477 e. The summed E-state index contributed by atoms with van der Waals surface area (Å²) < 4.78 is 11.5. The van der Waals surface area contributed by atoms with Gasteiger partial charge < -0.3 is 19.3 Å². The van der Waals surface area contributed by atoms with Gasteiger partial charge in [0.25, 0.3) is 5.91 Å². The van der Waals surface area contributed by atoms with Crippen molar-refractivity contribution in [1.29, 1.82) is 0 Å². The number of rotatable bonds is 6. The fourth-order valence-corrected chi connectivity index (χ4v) is 6.54. The van der Waals surface area contributed by atoms with E-state index in [1.54, 1.807) is 0 Å². The Morgan fingerprint density at radius 1 is 0.975 bits per heavy atom. The fourth-order valence-electron chi connectivity index (χ4n) is 6.54. The van der Waals surface area contributed by atoms with E-state index < -0.39 is 0 Å². The number of amides is 2. The lowest BCUT2D eigenvalue weighted by molar-refractivity contribution is -0.117. The molecule has 7 rings (SSSR count). The maximum absolute atomic E-state index is 13.4. The lowest BCUT2D eigenvalue weighted by Crippen LogP contribution is -2.33. The first kappa shape index (κ1) is 27.2. The van der Waals surface area contributed by atoms with Gasteiger partial charge >= 0.3 is 0 Å². The third kappa shape index (κ3) is 6.65. The van der Waals surface area contributed by atoms with E-state index in [1.165, 1.54) is 24.2 Å². The van der Waals surface area contributed by atoms with Gasteiger partial charge in [-0.1, -0.05) is 0 Å². The lowest BCUT2D eigenvalue weighted by atomic mass is 9.92. The summed E-state index contributed by atoms with van der Waals surface area (Å²) in [5.41, 5.74) is 4.07. The van der Waals surface area contributed by atoms with E-state index in [2.05, 4.69) is 15.4 Å². The van der Waals surface area contributed by atoms with Gasteiger partial charge in [-0.25, -0.2) is 4.98 Å². The van der Waals surface area contributed by atoms with Gasteiger partial charge in [-0.15, -0.1) is 0 Å². The molecular formula is C30H42N6O4. The summed E-state index contributed by atoms with van der Waals surface area (Å²) in [6.07, 6.45) is 12.0. The molecule has 0 spiro atoms. The van der Waals surface area contributed by atoms with Gasteiger partial charge in [0.05, 0.1) is 18.0 Å². The zero-order valence-electron chi connectivity index (χ0n) is 23.4. The smallest absolute Gasteiger partial charge is 0.254 e. The van der Waals surface area contributed by atoms with Crippen molar-refractivity contribution in [2.45, 2.75) is 70.1 Å². The molecule has 10 heteroatoms. The number of nitrogens with one attached hydrogen (secondary N) is 1. The van der Waals surface area contributed by atoms with E-state index in [1.807, 2.05) is 21.9 Å². The van der Waals surface area contributed by atoms with Crippen LogP contribution in [0.15, 0.2) is 12.1 Å². The first-order valence-corrected chi connectivity index (χ1v) is 15.3. The molecule has 3 saturated heterocycles. The normalized spacial score (nSPS) is 24.8. The zero-order chi connectivity index (χ0) is 27.3. The van der Waals surface area contributed by atoms with E-state index in [-0.39, 0.29) is 5.91 Å². The molecule has 2 aromatic rings. The van der Waals surface area contributed by atoms with E-state index in [9.17, 15) is 9.59 Å². The second-order valence-electron chi connectivity index (χ2n) is 12.1. The van der Waals surface area contributed by atoms with Crippen molar-refractivity contribution < 1.29 is 19.1 Å². The summed E-state index contributed by atoms with van der Waals surface area (Å²) in [5.74, 6) is 2.67. The quantitative estimate of drug-likeness (QED) is 0.549. The van der Waals surface area contributed by atoms with E-state index >= 15 is 0 Å². The highest BCUT2D eigenvalue weighted by atomic mass is 16.5. The molecule has 2 amide bonds. The molecule has 2 aromatic heterocycles. The van der Waals surface area contributed by atoms with Gasteiger partial charge in [0, 0.05) is 62.6 Å². The molecule has 5 heterocycles. The number of ether oxygens (including phenoxy) is 2. The third-order valence-electron chi connectivity index (χ3n) is 9.23.